The Morgan fingerprint density at radius 1 is 1.04 bits per heavy atom. The largest absolute Gasteiger partial charge is 0.510 e. The van der Waals surface area contributed by atoms with E-state index in [1.165, 1.54) is 12.1 Å². The fourth-order valence-corrected chi connectivity index (χ4v) is 6.00. The minimum atomic E-state index is -6.41. The van der Waals surface area contributed by atoms with Gasteiger partial charge in [0.15, 0.2) is 18.2 Å². The molecule has 23 heteroatoms. The summed E-state index contributed by atoms with van der Waals surface area (Å²) in [4.78, 5) is 50.2. The highest BCUT2D eigenvalue weighted by molar-refractivity contribution is 6.34. The first-order chi connectivity index (χ1) is 25.6. The number of amides is 1. The molecular formula is C32H27ClF8N6O8. The van der Waals surface area contributed by atoms with E-state index < -0.39 is 96.7 Å². The van der Waals surface area contributed by atoms with Crippen molar-refractivity contribution in [2.24, 2.45) is 7.05 Å². The molecule has 1 amide bonds. The Morgan fingerprint density at radius 2 is 1.69 bits per heavy atom. The number of halogens is 9. The number of alkyl halides is 8. The summed E-state index contributed by atoms with van der Waals surface area (Å²) in [6.07, 6.45) is -13.0. The lowest BCUT2D eigenvalue weighted by Crippen LogP contribution is -2.44. The number of ether oxygens (including phenoxy) is 3. The summed E-state index contributed by atoms with van der Waals surface area (Å²) < 4.78 is 126. The number of benzene rings is 1. The monoisotopic (exact) mass is 810 g/mol. The zero-order valence-corrected chi connectivity index (χ0v) is 28.8. The van der Waals surface area contributed by atoms with Crippen molar-refractivity contribution in [2.45, 2.75) is 81.0 Å². The Kier molecular flexibility index (Phi) is 11.1. The Hall–Kier alpha value is -5.46. The second kappa shape index (κ2) is 15.0. The van der Waals surface area contributed by atoms with Crippen molar-refractivity contribution in [1.29, 1.82) is 5.26 Å². The Morgan fingerprint density at radius 3 is 2.27 bits per heavy atom. The van der Waals surface area contributed by atoms with E-state index in [2.05, 4.69) is 10.2 Å². The summed E-state index contributed by atoms with van der Waals surface area (Å²) >= 11 is 6.33. The maximum atomic E-state index is 14.2. The molecule has 2 aliphatic carbocycles. The molecule has 0 unspecified atom stereocenters. The summed E-state index contributed by atoms with van der Waals surface area (Å²) in [6, 6.07) is 5.61. The SMILES string of the molecule is Cn1nc(C(F)(F)C(F)(F)F)c(C(F)(F)F)c1-n1cc(-c2ccc(Cl)c(C(=O)N(COC(=O)O[C@@H]3CCC[C@H]3OC(=O)CCC(=O)O)C3(C#N)CC3)c2)cn1. The van der Waals surface area contributed by atoms with Crippen LogP contribution in [0.5, 0.6) is 0 Å². The number of aliphatic carboxylic acids is 1. The van der Waals surface area contributed by atoms with Crippen LogP contribution in [0.4, 0.5) is 39.9 Å². The van der Waals surface area contributed by atoms with Gasteiger partial charge < -0.3 is 19.3 Å². The number of rotatable bonds is 12. The van der Waals surface area contributed by atoms with Crippen molar-refractivity contribution >= 4 is 35.6 Å². The van der Waals surface area contributed by atoms with Gasteiger partial charge in [-0.2, -0.15) is 50.6 Å². The second-order valence-electron chi connectivity index (χ2n) is 12.5. The van der Waals surface area contributed by atoms with Crippen molar-refractivity contribution in [3.63, 3.8) is 0 Å². The van der Waals surface area contributed by atoms with Gasteiger partial charge in [0.1, 0.15) is 23.3 Å². The standard InChI is InChI=1S/C32H27ClF8N6O8/c1-45-26(24(31(36,37)38)25(44-45)30(34,35)32(39,40)41)47-13-17(12-43-47)16-5-6-19(33)18(11-16)27(51)46(29(14-42)9-10-29)15-53-28(52)55-21-4-2-3-20(21)54-23(50)8-7-22(48)49/h5-6,11-13,20-21H,2-4,7-10,15H2,1H3,(H,48,49)/t20-,21-/m1/s1. The Labute approximate surface area is 309 Å². The number of hydrogen-bond acceptors (Lipinski definition) is 10. The molecule has 2 heterocycles. The fraction of sp³-hybridized carbons (Fsp3) is 0.469. The molecule has 55 heavy (non-hydrogen) atoms. The molecule has 1 N–H and O–H groups in total. The fourth-order valence-electron chi connectivity index (χ4n) is 5.81. The van der Waals surface area contributed by atoms with Gasteiger partial charge in [-0.3, -0.25) is 19.3 Å². The van der Waals surface area contributed by atoms with E-state index in [1.54, 1.807) is 0 Å². The van der Waals surface area contributed by atoms with E-state index in [0.29, 0.717) is 24.6 Å². The van der Waals surface area contributed by atoms with Gasteiger partial charge in [-0.1, -0.05) is 17.7 Å². The summed E-state index contributed by atoms with van der Waals surface area (Å²) in [5.41, 5.74) is -6.73. The quantitative estimate of drug-likeness (QED) is 0.119. The average molecular weight is 811 g/mol. The molecule has 1 aromatic carbocycles. The highest BCUT2D eigenvalue weighted by Gasteiger charge is 2.64. The number of carbonyl (C=O) groups excluding carboxylic acids is 3. The van der Waals surface area contributed by atoms with Crippen LogP contribution >= 0.6 is 11.6 Å². The maximum absolute atomic E-state index is 14.2. The predicted molar refractivity (Wildman–Crippen MR) is 166 cm³/mol. The molecule has 2 atom stereocenters. The molecule has 2 aromatic heterocycles. The van der Waals surface area contributed by atoms with Gasteiger partial charge in [0, 0.05) is 18.8 Å². The van der Waals surface area contributed by atoms with Crippen molar-refractivity contribution in [3.05, 3.63) is 52.4 Å². The van der Waals surface area contributed by atoms with Gasteiger partial charge in [0.25, 0.3) is 5.91 Å². The van der Waals surface area contributed by atoms with E-state index in [0.717, 1.165) is 23.4 Å². The third-order valence-electron chi connectivity index (χ3n) is 8.75. The average Bonchev–Trinajstić information content (AvgIpc) is 3.36. The van der Waals surface area contributed by atoms with Gasteiger partial charge in [-0.15, -0.1) is 0 Å². The van der Waals surface area contributed by atoms with Crippen LogP contribution in [0.3, 0.4) is 0 Å². The van der Waals surface area contributed by atoms with Gasteiger partial charge in [-0.25, -0.2) is 14.2 Å². The summed E-state index contributed by atoms with van der Waals surface area (Å²) in [5.74, 6) is -10.2. The normalized spacial score (nSPS) is 18.0. The third kappa shape index (κ3) is 8.45. The summed E-state index contributed by atoms with van der Waals surface area (Å²) in [6.45, 7) is -0.828. The van der Waals surface area contributed by atoms with Gasteiger partial charge in [0.2, 0.25) is 0 Å². The molecular weight excluding hydrogens is 784 g/mol. The number of nitriles is 1. The molecule has 3 aromatic rings. The minimum absolute atomic E-state index is 0.0443. The maximum Gasteiger partial charge on any atom is 0.510 e. The van der Waals surface area contributed by atoms with E-state index in [9.17, 15) is 59.6 Å². The second-order valence-corrected chi connectivity index (χ2v) is 12.9. The lowest BCUT2D eigenvalue weighted by atomic mass is 10.0. The molecule has 2 fully saturated rings. The van der Waals surface area contributed by atoms with Crippen LogP contribution in [0.25, 0.3) is 16.9 Å². The molecule has 2 saturated carbocycles. The Bertz CT molecular complexity index is 2040. The highest BCUT2D eigenvalue weighted by Crippen LogP contribution is 2.49. The first-order valence-electron chi connectivity index (χ1n) is 16.0. The zero-order chi connectivity index (χ0) is 40.7. The van der Waals surface area contributed by atoms with E-state index >= 15 is 0 Å². The molecule has 2 aliphatic rings. The number of esters is 1. The van der Waals surface area contributed by atoms with Crippen LogP contribution in [0.2, 0.25) is 5.02 Å². The topological polar surface area (TPSA) is 179 Å². The number of carboxylic acids is 1. The molecule has 296 valence electrons. The van der Waals surface area contributed by atoms with Crippen molar-refractivity contribution < 1.29 is 73.6 Å². The number of nitrogens with zero attached hydrogens (tertiary/aromatic N) is 6. The van der Waals surface area contributed by atoms with Gasteiger partial charge in [0.05, 0.1) is 35.7 Å². The number of aromatic nitrogens is 4. The lowest BCUT2D eigenvalue weighted by Gasteiger charge is -2.27. The van der Waals surface area contributed by atoms with Crippen LogP contribution in [0, 0.1) is 11.3 Å². The number of aryl methyl sites for hydroxylation is 1. The molecule has 0 bridgehead atoms. The lowest BCUT2D eigenvalue weighted by molar-refractivity contribution is -0.292. The van der Waals surface area contributed by atoms with E-state index in [1.807, 2.05) is 6.07 Å². The first-order valence-corrected chi connectivity index (χ1v) is 16.4. The van der Waals surface area contributed by atoms with Gasteiger partial charge in [-0.05, 0) is 49.8 Å². The van der Waals surface area contributed by atoms with Crippen LogP contribution < -0.4 is 0 Å². The van der Waals surface area contributed by atoms with Crippen LogP contribution in [-0.4, -0.2) is 84.2 Å². The number of carboxylic acid groups (broad SMARTS) is 1. The number of carbonyl (C=O) groups is 4. The zero-order valence-electron chi connectivity index (χ0n) is 28.1. The predicted octanol–water partition coefficient (Wildman–Crippen LogP) is 6.54. The van der Waals surface area contributed by atoms with E-state index in [4.69, 9.17) is 30.9 Å². The van der Waals surface area contributed by atoms with Crippen molar-refractivity contribution in [3.8, 4) is 23.0 Å². The van der Waals surface area contributed by atoms with Crippen molar-refractivity contribution in [1.82, 2.24) is 24.5 Å². The third-order valence-corrected chi connectivity index (χ3v) is 9.08. The first kappa shape index (κ1) is 40.7. The summed E-state index contributed by atoms with van der Waals surface area (Å²) in [7, 11) is 0.711. The van der Waals surface area contributed by atoms with Crippen LogP contribution in [0.1, 0.15) is 66.6 Å². The summed E-state index contributed by atoms with van der Waals surface area (Å²) in [5, 5.41) is 25.0. The number of hydrogen-bond donors (Lipinski definition) is 1. The molecule has 0 radical (unpaired) electrons. The Balaban J connectivity index is 1.36. The van der Waals surface area contributed by atoms with Crippen LogP contribution in [-0.2, 0) is 42.9 Å². The van der Waals surface area contributed by atoms with Crippen molar-refractivity contribution in [2.75, 3.05) is 6.73 Å². The van der Waals surface area contributed by atoms with Crippen LogP contribution in [0.15, 0.2) is 30.6 Å². The highest BCUT2D eigenvalue weighted by atomic mass is 35.5. The smallest absolute Gasteiger partial charge is 0.481 e. The minimum Gasteiger partial charge on any atom is -0.481 e. The molecule has 0 spiro atoms. The molecule has 0 aliphatic heterocycles. The van der Waals surface area contributed by atoms with Gasteiger partial charge >= 0.3 is 36.4 Å². The molecule has 5 rings (SSSR count). The molecule has 0 saturated heterocycles. The van der Waals surface area contributed by atoms with E-state index in [-0.39, 0.29) is 45.7 Å². The molecule has 14 nitrogen and oxygen atoms in total.